The van der Waals surface area contributed by atoms with E-state index < -0.39 is 0 Å². The highest BCUT2D eigenvalue weighted by atomic mass is 16.5. The van der Waals surface area contributed by atoms with Crippen LogP contribution in [0.3, 0.4) is 0 Å². The Labute approximate surface area is 141 Å². The molecular formula is C18H21N3O3. The van der Waals surface area contributed by atoms with E-state index >= 15 is 0 Å². The molecule has 6 heteroatoms. The Morgan fingerprint density at radius 1 is 1.21 bits per heavy atom. The number of rotatable bonds is 5. The van der Waals surface area contributed by atoms with Gasteiger partial charge in [0.15, 0.2) is 6.61 Å². The fraction of sp³-hybridized carbons (Fsp3) is 0.389. The van der Waals surface area contributed by atoms with Gasteiger partial charge in [-0.2, -0.15) is 0 Å². The van der Waals surface area contributed by atoms with Gasteiger partial charge in [0.05, 0.1) is 6.10 Å². The first-order chi connectivity index (χ1) is 11.7. The molecule has 126 valence electrons. The van der Waals surface area contributed by atoms with E-state index in [4.69, 9.17) is 4.74 Å². The fourth-order valence-electron chi connectivity index (χ4n) is 2.94. The van der Waals surface area contributed by atoms with Gasteiger partial charge >= 0.3 is 6.01 Å². The van der Waals surface area contributed by atoms with Crippen molar-refractivity contribution in [3.63, 3.8) is 0 Å². The van der Waals surface area contributed by atoms with Crippen LogP contribution in [0.5, 0.6) is 6.01 Å². The summed E-state index contributed by atoms with van der Waals surface area (Å²) in [4.78, 5) is 22.0. The first-order valence-electron chi connectivity index (χ1n) is 8.12. The summed E-state index contributed by atoms with van der Waals surface area (Å²) in [5.41, 5.74) is 1.17. The molecule has 2 heterocycles. The number of carbonyl (C=O) groups is 1. The first-order valence-corrected chi connectivity index (χ1v) is 8.12. The molecule has 6 nitrogen and oxygen atoms in total. The summed E-state index contributed by atoms with van der Waals surface area (Å²) in [5, 5.41) is 10.2. The number of nitrogens with zero attached hydrogens (tertiary/aromatic N) is 3. The highest BCUT2D eigenvalue weighted by Crippen LogP contribution is 2.21. The van der Waals surface area contributed by atoms with Crippen molar-refractivity contribution in [2.24, 2.45) is 5.92 Å². The molecule has 0 saturated carbocycles. The number of benzene rings is 1. The average Bonchev–Trinajstić information content (AvgIpc) is 2.63. The van der Waals surface area contributed by atoms with Gasteiger partial charge in [-0.3, -0.25) is 4.79 Å². The number of ether oxygens (including phenoxy) is 1. The lowest BCUT2D eigenvalue weighted by Gasteiger charge is -2.36. The molecule has 1 aliphatic heterocycles. The van der Waals surface area contributed by atoms with Crippen LogP contribution in [0.25, 0.3) is 0 Å². The number of piperidine rings is 1. The number of likely N-dealkylation sites (tertiary alicyclic amines) is 1. The normalized spacial score (nSPS) is 20.6. The monoisotopic (exact) mass is 327 g/mol. The van der Waals surface area contributed by atoms with Crippen molar-refractivity contribution in [1.29, 1.82) is 0 Å². The minimum absolute atomic E-state index is 0.0399. The SMILES string of the molecule is O=C(COc1ncccn1)N1CC[C@H](O)[C@H](Cc2ccccc2)C1. The Bertz CT molecular complexity index is 651. The van der Waals surface area contributed by atoms with Gasteiger partial charge in [-0.05, 0) is 24.5 Å². The van der Waals surface area contributed by atoms with Crippen LogP contribution in [0, 0.1) is 5.92 Å². The number of aliphatic hydroxyl groups is 1. The molecule has 24 heavy (non-hydrogen) atoms. The molecule has 0 bridgehead atoms. The van der Waals surface area contributed by atoms with Crippen molar-refractivity contribution in [2.75, 3.05) is 19.7 Å². The van der Waals surface area contributed by atoms with Gasteiger partial charge in [-0.1, -0.05) is 30.3 Å². The van der Waals surface area contributed by atoms with Crippen LogP contribution in [0.1, 0.15) is 12.0 Å². The summed E-state index contributed by atoms with van der Waals surface area (Å²) in [6.45, 7) is 0.996. The molecule has 0 radical (unpaired) electrons. The number of hydrogen-bond acceptors (Lipinski definition) is 5. The number of carbonyl (C=O) groups excluding carboxylic acids is 1. The molecule has 1 saturated heterocycles. The van der Waals surface area contributed by atoms with E-state index in [1.165, 1.54) is 5.56 Å². The summed E-state index contributed by atoms with van der Waals surface area (Å²) in [6.07, 6.45) is 4.10. The van der Waals surface area contributed by atoms with Gasteiger partial charge in [0.2, 0.25) is 0 Å². The molecule has 1 amide bonds. The summed E-state index contributed by atoms with van der Waals surface area (Å²) in [5.74, 6) is -0.0644. The second-order valence-electron chi connectivity index (χ2n) is 5.97. The summed E-state index contributed by atoms with van der Waals surface area (Å²) < 4.78 is 5.33. The maximum Gasteiger partial charge on any atom is 0.316 e. The predicted octanol–water partition coefficient (Wildman–Crippen LogP) is 1.31. The van der Waals surface area contributed by atoms with E-state index in [1.807, 2.05) is 30.3 Å². The van der Waals surface area contributed by atoms with Gasteiger partial charge in [0.1, 0.15) is 0 Å². The summed E-state index contributed by atoms with van der Waals surface area (Å²) in [7, 11) is 0. The van der Waals surface area contributed by atoms with Crippen molar-refractivity contribution in [2.45, 2.75) is 18.9 Å². The third-order valence-electron chi connectivity index (χ3n) is 4.25. The maximum atomic E-state index is 12.3. The van der Waals surface area contributed by atoms with E-state index in [-0.39, 0.29) is 30.5 Å². The van der Waals surface area contributed by atoms with Crippen LogP contribution in [0.2, 0.25) is 0 Å². The Balaban J connectivity index is 1.55. The van der Waals surface area contributed by atoms with Gasteiger partial charge in [-0.25, -0.2) is 9.97 Å². The lowest BCUT2D eigenvalue weighted by atomic mass is 9.88. The summed E-state index contributed by atoms with van der Waals surface area (Å²) >= 11 is 0. The Morgan fingerprint density at radius 3 is 2.71 bits per heavy atom. The van der Waals surface area contributed by atoms with Crippen molar-refractivity contribution >= 4 is 5.91 Å². The molecular weight excluding hydrogens is 306 g/mol. The largest absolute Gasteiger partial charge is 0.453 e. The second kappa shape index (κ2) is 7.88. The number of aliphatic hydroxyl groups excluding tert-OH is 1. The smallest absolute Gasteiger partial charge is 0.316 e. The average molecular weight is 327 g/mol. The minimum Gasteiger partial charge on any atom is -0.453 e. The Hall–Kier alpha value is -2.47. The molecule has 1 fully saturated rings. The number of aromatic nitrogens is 2. The van der Waals surface area contributed by atoms with Crippen LogP contribution in [-0.4, -0.2) is 51.7 Å². The van der Waals surface area contributed by atoms with Crippen LogP contribution in [0.15, 0.2) is 48.8 Å². The number of amides is 1. The molecule has 0 spiro atoms. The Kier molecular flexibility index (Phi) is 5.38. The first kappa shape index (κ1) is 16.4. The molecule has 2 atom stereocenters. The molecule has 2 aromatic rings. The fourth-order valence-corrected chi connectivity index (χ4v) is 2.94. The second-order valence-corrected chi connectivity index (χ2v) is 5.97. The van der Waals surface area contributed by atoms with E-state index in [9.17, 15) is 9.90 Å². The maximum absolute atomic E-state index is 12.3. The lowest BCUT2D eigenvalue weighted by Crippen LogP contribution is -2.48. The molecule has 1 aliphatic rings. The molecule has 1 N–H and O–H groups in total. The van der Waals surface area contributed by atoms with Crippen molar-refractivity contribution in [3.05, 3.63) is 54.4 Å². The molecule has 0 aliphatic carbocycles. The van der Waals surface area contributed by atoms with E-state index in [1.54, 1.807) is 23.4 Å². The highest BCUT2D eigenvalue weighted by molar-refractivity contribution is 5.77. The molecule has 0 unspecified atom stereocenters. The third kappa shape index (κ3) is 4.29. The Morgan fingerprint density at radius 2 is 1.96 bits per heavy atom. The van der Waals surface area contributed by atoms with Crippen LogP contribution < -0.4 is 4.74 Å². The van der Waals surface area contributed by atoms with Gasteiger partial charge in [0, 0.05) is 31.4 Å². The molecule has 1 aromatic heterocycles. The number of hydrogen-bond donors (Lipinski definition) is 1. The van der Waals surface area contributed by atoms with Gasteiger partial charge in [-0.15, -0.1) is 0 Å². The highest BCUT2D eigenvalue weighted by Gasteiger charge is 2.30. The van der Waals surface area contributed by atoms with E-state index in [2.05, 4.69) is 9.97 Å². The standard InChI is InChI=1S/C18H21N3O3/c22-16-7-10-21(12-15(16)11-14-5-2-1-3-6-14)17(23)13-24-18-19-8-4-9-20-18/h1-6,8-9,15-16,22H,7,10-13H2/t15-,16+/m1/s1. The van der Waals surface area contributed by atoms with Crippen molar-refractivity contribution in [1.82, 2.24) is 14.9 Å². The molecule has 3 rings (SSSR count). The summed E-state index contributed by atoms with van der Waals surface area (Å²) in [6, 6.07) is 11.9. The van der Waals surface area contributed by atoms with E-state index in [0.717, 1.165) is 6.42 Å². The van der Waals surface area contributed by atoms with Crippen LogP contribution in [-0.2, 0) is 11.2 Å². The lowest BCUT2D eigenvalue weighted by molar-refractivity contribution is -0.137. The van der Waals surface area contributed by atoms with Gasteiger partial charge in [0.25, 0.3) is 5.91 Å². The van der Waals surface area contributed by atoms with Crippen LogP contribution in [0.4, 0.5) is 0 Å². The minimum atomic E-state index is -0.382. The zero-order valence-electron chi connectivity index (χ0n) is 13.4. The third-order valence-corrected chi connectivity index (χ3v) is 4.25. The van der Waals surface area contributed by atoms with Crippen molar-refractivity contribution < 1.29 is 14.6 Å². The zero-order valence-corrected chi connectivity index (χ0v) is 13.4. The molecule has 1 aromatic carbocycles. The predicted molar refractivity (Wildman–Crippen MR) is 88.4 cm³/mol. The van der Waals surface area contributed by atoms with E-state index in [0.29, 0.717) is 19.5 Å². The zero-order chi connectivity index (χ0) is 16.8. The van der Waals surface area contributed by atoms with Crippen LogP contribution >= 0.6 is 0 Å². The van der Waals surface area contributed by atoms with Crippen molar-refractivity contribution in [3.8, 4) is 6.01 Å². The topological polar surface area (TPSA) is 75.5 Å². The quantitative estimate of drug-likeness (QED) is 0.896. The van der Waals surface area contributed by atoms with Gasteiger partial charge < -0.3 is 14.7 Å².